The molecule has 0 bridgehead atoms. The molecule has 0 saturated carbocycles. The van der Waals surface area contributed by atoms with E-state index >= 15 is 0 Å². The SMILES string of the molecule is Cc1oc(CNC(=O)CCNS(=O)(=O)c2ccccc2)cc1C(=O)O. The Balaban J connectivity index is 1.79. The van der Waals surface area contributed by atoms with Crippen LogP contribution < -0.4 is 10.0 Å². The molecule has 8 nitrogen and oxygen atoms in total. The largest absolute Gasteiger partial charge is 0.478 e. The van der Waals surface area contributed by atoms with Crippen molar-refractivity contribution in [2.24, 2.45) is 0 Å². The van der Waals surface area contributed by atoms with Crippen LogP contribution in [0.2, 0.25) is 0 Å². The van der Waals surface area contributed by atoms with E-state index in [1.54, 1.807) is 18.2 Å². The number of amides is 1. The Morgan fingerprint density at radius 1 is 1.20 bits per heavy atom. The van der Waals surface area contributed by atoms with Crippen molar-refractivity contribution in [2.75, 3.05) is 6.54 Å². The van der Waals surface area contributed by atoms with Crippen molar-refractivity contribution in [2.45, 2.75) is 24.8 Å². The Labute approximate surface area is 144 Å². The Hall–Kier alpha value is -2.65. The van der Waals surface area contributed by atoms with Gasteiger partial charge in [0.2, 0.25) is 15.9 Å². The highest BCUT2D eigenvalue weighted by Crippen LogP contribution is 2.14. The fourth-order valence-corrected chi connectivity index (χ4v) is 3.15. The van der Waals surface area contributed by atoms with Gasteiger partial charge in [-0.1, -0.05) is 18.2 Å². The van der Waals surface area contributed by atoms with E-state index < -0.39 is 16.0 Å². The second-order valence-corrected chi connectivity index (χ2v) is 6.99. The Bertz CT molecular complexity index is 858. The molecule has 0 saturated heterocycles. The monoisotopic (exact) mass is 366 g/mol. The van der Waals surface area contributed by atoms with Gasteiger partial charge in [0.25, 0.3) is 0 Å². The van der Waals surface area contributed by atoms with Crippen molar-refractivity contribution in [1.29, 1.82) is 0 Å². The molecule has 0 fully saturated rings. The third-order valence-electron chi connectivity index (χ3n) is 3.36. The van der Waals surface area contributed by atoms with E-state index in [1.807, 2.05) is 0 Å². The summed E-state index contributed by atoms with van der Waals surface area (Å²) in [6.07, 6.45) is -0.0580. The molecule has 0 radical (unpaired) electrons. The minimum atomic E-state index is -3.65. The molecule has 0 aliphatic carbocycles. The maximum Gasteiger partial charge on any atom is 0.339 e. The minimum absolute atomic E-state index is 0.0262. The fourth-order valence-electron chi connectivity index (χ4n) is 2.10. The number of aromatic carboxylic acids is 1. The van der Waals surface area contributed by atoms with Crippen LogP contribution in [0.4, 0.5) is 0 Å². The predicted octanol–water partition coefficient (Wildman–Crippen LogP) is 1.27. The van der Waals surface area contributed by atoms with E-state index in [0.717, 1.165) is 0 Å². The lowest BCUT2D eigenvalue weighted by Crippen LogP contribution is -2.30. The van der Waals surface area contributed by atoms with Crippen molar-refractivity contribution in [1.82, 2.24) is 10.0 Å². The van der Waals surface area contributed by atoms with Gasteiger partial charge in [0.05, 0.1) is 11.4 Å². The molecule has 1 aromatic carbocycles. The first-order chi connectivity index (χ1) is 11.8. The minimum Gasteiger partial charge on any atom is -0.478 e. The highest BCUT2D eigenvalue weighted by Gasteiger charge is 2.15. The number of sulfonamides is 1. The number of carbonyl (C=O) groups is 2. The third kappa shape index (κ3) is 5.16. The third-order valence-corrected chi connectivity index (χ3v) is 4.83. The number of rotatable bonds is 8. The zero-order valence-corrected chi connectivity index (χ0v) is 14.3. The molecule has 2 aromatic rings. The second-order valence-electron chi connectivity index (χ2n) is 5.23. The van der Waals surface area contributed by atoms with Crippen LogP contribution in [0.25, 0.3) is 0 Å². The number of furan rings is 1. The summed E-state index contributed by atoms with van der Waals surface area (Å²) in [5.41, 5.74) is 0.0415. The van der Waals surface area contributed by atoms with Crippen LogP contribution in [0.5, 0.6) is 0 Å². The van der Waals surface area contributed by atoms with Gasteiger partial charge in [0.1, 0.15) is 17.1 Å². The van der Waals surface area contributed by atoms with Crippen LogP contribution in [0.15, 0.2) is 45.7 Å². The van der Waals surface area contributed by atoms with Crippen LogP contribution in [0.1, 0.15) is 28.3 Å². The van der Waals surface area contributed by atoms with Gasteiger partial charge in [-0.15, -0.1) is 0 Å². The smallest absolute Gasteiger partial charge is 0.339 e. The first kappa shape index (κ1) is 18.7. The molecule has 2 rings (SSSR count). The number of carboxylic acid groups (broad SMARTS) is 1. The highest BCUT2D eigenvalue weighted by molar-refractivity contribution is 7.89. The fraction of sp³-hybridized carbons (Fsp3) is 0.250. The Morgan fingerprint density at radius 3 is 2.48 bits per heavy atom. The van der Waals surface area contributed by atoms with E-state index in [9.17, 15) is 18.0 Å². The maximum absolute atomic E-state index is 12.0. The van der Waals surface area contributed by atoms with Crippen molar-refractivity contribution in [3.8, 4) is 0 Å². The molecule has 0 aliphatic heterocycles. The molecule has 0 spiro atoms. The van der Waals surface area contributed by atoms with E-state index in [0.29, 0.717) is 5.76 Å². The summed E-state index contributed by atoms with van der Waals surface area (Å²) in [7, 11) is -3.65. The number of carboxylic acids is 1. The van der Waals surface area contributed by atoms with Gasteiger partial charge in [-0.05, 0) is 25.1 Å². The molecule has 1 heterocycles. The predicted molar refractivity (Wildman–Crippen MR) is 88.5 cm³/mol. The van der Waals surface area contributed by atoms with Gasteiger partial charge in [0.15, 0.2) is 0 Å². The molecule has 1 aromatic heterocycles. The van der Waals surface area contributed by atoms with Crippen LogP contribution in [-0.2, 0) is 21.4 Å². The van der Waals surface area contributed by atoms with Gasteiger partial charge in [0, 0.05) is 13.0 Å². The maximum atomic E-state index is 12.0. The van der Waals surface area contributed by atoms with Crippen LogP contribution >= 0.6 is 0 Å². The Morgan fingerprint density at radius 2 is 1.88 bits per heavy atom. The zero-order valence-electron chi connectivity index (χ0n) is 13.5. The molecule has 3 N–H and O–H groups in total. The molecule has 1 amide bonds. The lowest BCUT2D eigenvalue weighted by molar-refractivity contribution is -0.121. The van der Waals surface area contributed by atoms with Gasteiger partial charge in [-0.3, -0.25) is 4.79 Å². The molecule has 0 atom stereocenters. The number of hydrogen-bond acceptors (Lipinski definition) is 5. The number of nitrogens with one attached hydrogen (secondary N) is 2. The van der Waals surface area contributed by atoms with Crippen molar-refractivity contribution in [3.05, 3.63) is 53.5 Å². The summed E-state index contributed by atoms with van der Waals surface area (Å²) in [4.78, 5) is 22.8. The summed E-state index contributed by atoms with van der Waals surface area (Å²) in [5, 5.41) is 11.5. The molecule has 0 aliphatic rings. The average molecular weight is 366 g/mol. The molecule has 9 heteroatoms. The quantitative estimate of drug-likeness (QED) is 0.646. The van der Waals surface area contributed by atoms with Crippen LogP contribution in [0, 0.1) is 6.92 Å². The molecular weight excluding hydrogens is 348 g/mol. The summed E-state index contributed by atoms with van der Waals surface area (Å²) in [6.45, 7) is 1.49. The normalized spacial score (nSPS) is 11.2. The summed E-state index contributed by atoms with van der Waals surface area (Å²) >= 11 is 0. The number of benzene rings is 1. The van der Waals surface area contributed by atoms with Gasteiger partial charge in [-0.2, -0.15) is 0 Å². The van der Waals surface area contributed by atoms with Crippen molar-refractivity contribution < 1.29 is 27.5 Å². The van der Waals surface area contributed by atoms with Crippen molar-refractivity contribution >= 4 is 21.9 Å². The number of hydrogen-bond donors (Lipinski definition) is 3. The second kappa shape index (κ2) is 7.95. The summed E-state index contributed by atoms with van der Waals surface area (Å²) in [5.74, 6) is -0.920. The summed E-state index contributed by atoms with van der Waals surface area (Å²) in [6, 6.07) is 9.19. The molecule has 134 valence electrons. The van der Waals surface area contributed by atoms with E-state index in [1.165, 1.54) is 25.1 Å². The van der Waals surface area contributed by atoms with E-state index in [4.69, 9.17) is 9.52 Å². The highest BCUT2D eigenvalue weighted by atomic mass is 32.2. The average Bonchev–Trinajstić information content (AvgIpc) is 2.95. The van der Waals surface area contributed by atoms with E-state index in [2.05, 4.69) is 10.0 Å². The lowest BCUT2D eigenvalue weighted by atomic mass is 10.2. The number of aryl methyl sites for hydroxylation is 1. The van der Waals surface area contributed by atoms with Crippen molar-refractivity contribution in [3.63, 3.8) is 0 Å². The molecule has 0 unspecified atom stereocenters. The zero-order chi connectivity index (χ0) is 18.4. The van der Waals surface area contributed by atoms with E-state index in [-0.39, 0.29) is 41.6 Å². The Kier molecular flexibility index (Phi) is 5.94. The van der Waals surface area contributed by atoms with Gasteiger partial charge in [-0.25, -0.2) is 17.9 Å². The van der Waals surface area contributed by atoms with Crippen LogP contribution in [0.3, 0.4) is 0 Å². The first-order valence-electron chi connectivity index (χ1n) is 7.43. The van der Waals surface area contributed by atoms with Crippen LogP contribution in [-0.4, -0.2) is 31.9 Å². The first-order valence-corrected chi connectivity index (χ1v) is 8.92. The van der Waals surface area contributed by atoms with Gasteiger partial charge >= 0.3 is 5.97 Å². The molecule has 25 heavy (non-hydrogen) atoms. The standard InChI is InChI=1S/C16H18N2O6S/c1-11-14(16(20)21)9-12(24-11)10-17-15(19)7-8-18-25(22,23)13-5-3-2-4-6-13/h2-6,9,18H,7-8,10H2,1H3,(H,17,19)(H,20,21). The number of carbonyl (C=O) groups excluding carboxylic acids is 1. The summed E-state index contributed by atoms with van der Waals surface area (Å²) < 4.78 is 31.5. The van der Waals surface area contributed by atoms with Gasteiger partial charge < -0.3 is 14.8 Å². The topological polar surface area (TPSA) is 126 Å². The lowest BCUT2D eigenvalue weighted by Gasteiger charge is -2.07. The molecular formula is C16H18N2O6S.